The highest BCUT2D eigenvalue weighted by Gasteiger charge is 2.63. The summed E-state index contributed by atoms with van der Waals surface area (Å²) >= 11 is 7.94. The van der Waals surface area contributed by atoms with Crippen LogP contribution in [0.15, 0.2) is 34.2 Å². The van der Waals surface area contributed by atoms with Gasteiger partial charge in [0.15, 0.2) is 20.5 Å². The Balaban J connectivity index is 2.37. The predicted molar refractivity (Wildman–Crippen MR) is 97.4 cm³/mol. The van der Waals surface area contributed by atoms with E-state index in [0.29, 0.717) is 19.1 Å². The number of ketones is 1. The van der Waals surface area contributed by atoms with Gasteiger partial charge in [-0.3, -0.25) is 4.79 Å². The van der Waals surface area contributed by atoms with E-state index in [9.17, 15) is 23.3 Å². The van der Waals surface area contributed by atoms with Crippen molar-refractivity contribution in [2.24, 2.45) is 5.92 Å². The Labute approximate surface area is 160 Å². The first kappa shape index (κ1) is 19.0. The van der Waals surface area contributed by atoms with Crippen LogP contribution in [0.3, 0.4) is 0 Å². The van der Waals surface area contributed by atoms with E-state index in [-0.39, 0.29) is 21.4 Å². The lowest BCUT2D eigenvalue weighted by Gasteiger charge is -2.42. The van der Waals surface area contributed by atoms with Crippen LogP contribution < -0.4 is 0 Å². The van der Waals surface area contributed by atoms with Crippen molar-refractivity contribution >= 4 is 44.8 Å². The number of aldehydes is 1. The largest absolute Gasteiger partial charge is 0.303 e. The quantitative estimate of drug-likeness (QED) is 0.405. The van der Waals surface area contributed by atoms with Crippen LogP contribution >= 0.6 is 22.9 Å². The summed E-state index contributed by atoms with van der Waals surface area (Å²) in [5, 5.41) is 11.9. The number of hydrogen-bond acceptors (Lipinski definition) is 7. The molecule has 1 saturated carbocycles. The van der Waals surface area contributed by atoms with Gasteiger partial charge in [0.05, 0.1) is 17.4 Å². The summed E-state index contributed by atoms with van der Waals surface area (Å²) in [6.45, 7) is 0. The van der Waals surface area contributed by atoms with Gasteiger partial charge in [-0.15, -0.1) is 11.3 Å². The molecule has 2 aliphatic carbocycles. The molecule has 1 fully saturated rings. The molecule has 0 N–H and O–H groups in total. The van der Waals surface area contributed by atoms with Crippen LogP contribution in [-0.4, -0.2) is 36.6 Å². The molecule has 0 saturated heterocycles. The van der Waals surface area contributed by atoms with Gasteiger partial charge in [0.2, 0.25) is 0 Å². The lowest BCUT2D eigenvalue weighted by atomic mass is 9.65. The summed E-state index contributed by atoms with van der Waals surface area (Å²) < 4.78 is 24.6. The number of nitrogens with zero attached hydrogens (tertiary/aromatic N) is 2. The van der Waals surface area contributed by atoms with E-state index >= 15 is 0 Å². The van der Waals surface area contributed by atoms with Crippen LogP contribution in [0.4, 0.5) is 0 Å². The number of alkyl halides is 1. The second-order valence-electron chi connectivity index (χ2n) is 6.37. The molecule has 0 spiro atoms. The molecule has 6 nitrogen and oxygen atoms in total. The minimum absolute atomic E-state index is 0.0253. The van der Waals surface area contributed by atoms with Gasteiger partial charge in [0, 0.05) is 17.8 Å². The Morgan fingerprint density at radius 2 is 2.23 bits per heavy atom. The predicted octanol–water partition coefficient (Wildman–Crippen LogP) is 2.32. The van der Waals surface area contributed by atoms with Crippen LogP contribution in [0.5, 0.6) is 0 Å². The molecule has 2 unspecified atom stereocenters. The molecule has 2 atom stereocenters. The molecule has 1 heterocycles. The fraction of sp³-hybridized carbons (Fsp3) is 0.412. The van der Waals surface area contributed by atoms with E-state index < -0.39 is 32.3 Å². The normalized spacial score (nSPS) is 28.7. The second kappa shape index (κ2) is 6.41. The van der Waals surface area contributed by atoms with Crippen molar-refractivity contribution in [3.8, 4) is 6.07 Å². The van der Waals surface area contributed by atoms with E-state index in [0.717, 1.165) is 17.6 Å². The maximum Gasteiger partial charge on any atom is 0.176 e. The number of Topliss-reactive ketones (excluding diaryl/α,β-unsaturated/α-hetero) is 1. The average molecular weight is 411 g/mol. The minimum Gasteiger partial charge on any atom is -0.303 e. The number of aromatic nitrogens is 1. The standard InChI is InChI=1S/C17H15ClN2O4S2/c1-26(23,24)12-4-6-16(13(22)5-8-21,15-20-7-9-25-15)17(18,10-19)14(12)11-2-3-11/h4,6-9,11H,2-3,5H2,1H3. The number of allylic oxidation sites excluding steroid dienone is 3. The maximum absolute atomic E-state index is 13.0. The molecule has 0 aromatic carbocycles. The summed E-state index contributed by atoms with van der Waals surface area (Å²) in [7, 11) is -3.66. The molecule has 0 radical (unpaired) electrons. The van der Waals surface area contributed by atoms with Crippen LogP contribution in [0.2, 0.25) is 0 Å². The Hall–Kier alpha value is -1.82. The number of halogens is 1. The van der Waals surface area contributed by atoms with Crippen molar-refractivity contribution in [1.29, 1.82) is 5.26 Å². The molecular weight excluding hydrogens is 396 g/mol. The lowest BCUT2D eigenvalue weighted by Crippen LogP contribution is -2.55. The Morgan fingerprint density at radius 1 is 1.54 bits per heavy atom. The van der Waals surface area contributed by atoms with Gasteiger partial charge in [0.1, 0.15) is 16.7 Å². The Kier molecular flexibility index (Phi) is 4.67. The van der Waals surface area contributed by atoms with Gasteiger partial charge in [-0.25, -0.2) is 13.4 Å². The van der Waals surface area contributed by atoms with Crippen molar-refractivity contribution in [2.45, 2.75) is 29.6 Å². The smallest absolute Gasteiger partial charge is 0.176 e. The molecule has 0 bridgehead atoms. The van der Waals surface area contributed by atoms with Crippen molar-refractivity contribution in [2.75, 3.05) is 6.26 Å². The average Bonchev–Trinajstić information content (AvgIpc) is 3.26. The van der Waals surface area contributed by atoms with E-state index in [1.807, 2.05) is 6.07 Å². The third-order valence-electron chi connectivity index (χ3n) is 4.68. The van der Waals surface area contributed by atoms with Gasteiger partial charge in [-0.05, 0) is 30.4 Å². The monoisotopic (exact) mass is 410 g/mol. The molecule has 26 heavy (non-hydrogen) atoms. The molecule has 136 valence electrons. The van der Waals surface area contributed by atoms with Crippen molar-refractivity contribution in [3.63, 3.8) is 0 Å². The first-order chi connectivity index (χ1) is 12.2. The van der Waals surface area contributed by atoms with Crippen molar-refractivity contribution in [3.05, 3.63) is 39.2 Å². The molecule has 9 heteroatoms. The number of hydrogen-bond donors (Lipinski definition) is 0. The van der Waals surface area contributed by atoms with E-state index in [4.69, 9.17) is 11.6 Å². The van der Waals surface area contributed by atoms with Crippen LogP contribution in [0, 0.1) is 17.2 Å². The summed E-state index contributed by atoms with van der Waals surface area (Å²) in [6, 6.07) is 1.99. The fourth-order valence-corrected chi connectivity index (χ4v) is 5.95. The molecule has 1 aromatic rings. The fourth-order valence-electron chi connectivity index (χ4n) is 3.39. The summed E-state index contributed by atoms with van der Waals surface area (Å²) in [6.07, 6.45) is 6.57. The van der Waals surface area contributed by atoms with Gasteiger partial charge in [0.25, 0.3) is 0 Å². The number of carbonyl (C=O) groups is 2. The van der Waals surface area contributed by atoms with Gasteiger partial charge >= 0.3 is 0 Å². The minimum atomic E-state index is -3.66. The maximum atomic E-state index is 13.0. The number of rotatable bonds is 6. The van der Waals surface area contributed by atoms with Gasteiger partial charge < -0.3 is 4.79 Å². The zero-order valence-corrected chi connectivity index (χ0v) is 16.2. The first-order valence-corrected chi connectivity index (χ1v) is 11.0. The lowest BCUT2D eigenvalue weighted by molar-refractivity contribution is -0.126. The Morgan fingerprint density at radius 3 is 2.69 bits per heavy atom. The SMILES string of the molecule is CS(=O)(=O)C1=C(C2CC2)C(Cl)(C#N)C(C(=O)CC=O)(c2nccs2)C=C1. The van der Waals surface area contributed by atoms with E-state index in [1.54, 1.807) is 5.38 Å². The van der Waals surface area contributed by atoms with Crippen LogP contribution in [0.25, 0.3) is 0 Å². The van der Waals surface area contributed by atoms with E-state index in [2.05, 4.69) is 4.98 Å². The summed E-state index contributed by atoms with van der Waals surface area (Å²) in [4.78, 5) is 26.2. The highest BCUT2D eigenvalue weighted by atomic mass is 35.5. The van der Waals surface area contributed by atoms with Crippen molar-refractivity contribution in [1.82, 2.24) is 4.98 Å². The number of thiazole rings is 1. The molecule has 0 aliphatic heterocycles. The van der Waals surface area contributed by atoms with Crippen molar-refractivity contribution < 1.29 is 18.0 Å². The first-order valence-electron chi connectivity index (χ1n) is 7.83. The van der Waals surface area contributed by atoms with Crippen LogP contribution in [0.1, 0.15) is 24.3 Å². The molecule has 0 amide bonds. The molecular formula is C17H15ClN2O4S2. The Bertz CT molecular complexity index is 971. The zero-order chi connectivity index (χ0) is 19.2. The summed E-state index contributed by atoms with van der Waals surface area (Å²) in [5.41, 5.74) is -1.47. The highest BCUT2D eigenvalue weighted by Crippen LogP contribution is 2.57. The third kappa shape index (κ3) is 2.66. The topological polar surface area (TPSA) is 105 Å². The second-order valence-corrected chi connectivity index (χ2v) is 9.81. The molecule has 1 aromatic heterocycles. The number of sulfone groups is 1. The number of carbonyl (C=O) groups excluding carboxylic acids is 2. The molecule has 3 rings (SSSR count). The number of nitriles is 1. The summed E-state index contributed by atoms with van der Waals surface area (Å²) in [5.74, 6) is -0.772. The van der Waals surface area contributed by atoms with Gasteiger partial charge in [-0.1, -0.05) is 17.7 Å². The third-order valence-corrected chi connectivity index (χ3v) is 7.33. The van der Waals surface area contributed by atoms with Gasteiger partial charge in [-0.2, -0.15) is 5.26 Å². The highest BCUT2D eigenvalue weighted by molar-refractivity contribution is 7.94. The molecule has 2 aliphatic rings. The van der Waals surface area contributed by atoms with E-state index in [1.165, 1.54) is 18.3 Å². The zero-order valence-electron chi connectivity index (χ0n) is 13.8. The van der Waals surface area contributed by atoms with Crippen LogP contribution in [-0.2, 0) is 24.8 Å².